The smallest absolute Gasteiger partial charge is 0.298 e. The molecule has 206 valence electrons. The second-order valence-corrected chi connectivity index (χ2v) is 10.00. The first-order valence-electron chi connectivity index (χ1n) is 11.6. The third-order valence-electron chi connectivity index (χ3n) is 5.45. The van der Waals surface area contributed by atoms with E-state index in [-0.39, 0.29) is 21.6 Å². The Kier molecular flexibility index (Phi) is 10.9. The normalized spacial score (nSPS) is 11.2. The van der Waals surface area contributed by atoms with Gasteiger partial charge < -0.3 is 0 Å². The highest BCUT2D eigenvalue weighted by atomic mass is 32.2. The number of benzene rings is 3. The molecule has 0 aromatic heterocycles. The summed E-state index contributed by atoms with van der Waals surface area (Å²) in [6.45, 7) is 6.00. The summed E-state index contributed by atoms with van der Waals surface area (Å²) in [5.74, 6) is -9.28. The van der Waals surface area contributed by atoms with E-state index < -0.39 is 49.1 Å². The van der Waals surface area contributed by atoms with Crippen LogP contribution in [0.15, 0.2) is 40.1 Å². The number of rotatable bonds is 9. The molecule has 0 aliphatic carbocycles. The van der Waals surface area contributed by atoms with Crippen LogP contribution in [0.4, 0.5) is 17.6 Å². The zero-order valence-corrected chi connectivity index (χ0v) is 23.0. The minimum atomic E-state index is -5.54. The van der Waals surface area contributed by atoms with E-state index in [0.29, 0.717) is 29.9 Å². The molecule has 3 rings (SSSR count). The summed E-state index contributed by atoms with van der Waals surface area (Å²) in [5.41, 5.74) is 0.883. The Morgan fingerprint density at radius 2 is 1.63 bits per heavy atom. The molecule has 0 spiro atoms. The van der Waals surface area contributed by atoms with Crippen LogP contribution in [-0.4, -0.2) is 39.0 Å². The van der Waals surface area contributed by atoms with Gasteiger partial charge in [-0.3, -0.25) is 9.59 Å². The first-order valence-corrected chi connectivity index (χ1v) is 14.3. The van der Waals surface area contributed by atoms with Crippen molar-refractivity contribution in [3.05, 3.63) is 70.3 Å². The van der Waals surface area contributed by atoms with Crippen molar-refractivity contribution in [2.75, 3.05) is 13.3 Å². The third-order valence-corrected chi connectivity index (χ3v) is 7.50. The molecule has 0 radical (unpaired) electrons. The number of amides is 1. The van der Waals surface area contributed by atoms with Gasteiger partial charge in [0.25, 0.3) is 5.91 Å². The van der Waals surface area contributed by atoms with Gasteiger partial charge in [-0.15, -0.1) is 16.0 Å². The first kappa shape index (κ1) is 31.3. The lowest BCUT2D eigenvalue weighted by Gasteiger charge is -2.19. The van der Waals surface area contributed by atoms with Crippen LogP contribution in [0.25, 0.3) is 10.8 Å². The quantitative estimate of drug-likeness (QED) is 0.0933. The Hall–Kier alpha value is -2.96. The molecule has 3 aromatic rings. The number of thioether (sulfide) groups is 1. The summed E-state index contributed by atoms with van der Waals surface area (Å²) in [7, 11) is -4.69. The predicted octanol–water partition coefficient (Wildman–Crippen LogP) is 6.69. The average molecular weight is 574 g/mol. The summed E-state index contributed by atoms with van der Waals surface area (Å²) in [4.78, 5) is 21.8. The van der Waals surface area contributed by atoms with Crippen molar-refractivity contribution in [3.63, 3.8) is 0 Å². The Morgan fingerprint density at radius 3 is 2.16 bits per heavy atom. The summed E-state index contributed by atoms with van der Waals surface area (Å²) >= 11 is 0.338. The van der Waals surface area contributed by atoms with Crippen molar-refractivity contribution in [2.45, 2.75) is 49.8 Å². The van der Waals surface area contributed by atoms with Crippen LogP contribution in [0.2, 0.25) is 0 Å². The Balaban J connectivity index is 0.00000247. The van der Waals surface area contributed by atoms with Crippen molar-refractivity contribution in [1.82, 2.24) is 5.06 Å². The molecular weight excluding hydrogens is 546 g/mol. The molecule has 0 bridgehead atoms. The molecule has 1 amide bonds. The zero-order valence-electron chi connectivity index (χ0n) is 21.4. The van der Waals surface area contributed by atoms with Crippen molar-refractivity contribution in [2.24, 2.45) is 0 Å². The van der Waals surface area contributed by atoms with E-state index in [4.69, 9.17) is 0 Å². The molecule has 6 nitrogen and oxygen atoms in total. The molecule has 0 saturated heterocycles. The maximum absolute atomic E-state index is 14.4. The average Bonchev–Trinajstić information content (AvgIpc) is 2.91. The van der Waals surface area contributed by atoms with Crippen LogP contribution >= 0.6 is 11.8 Å². The first-order chi connectivity index (χ1) is 18.0. The van der Waals surface area contributed by atoms with E-state index in [9.17, 15) is 35.6 Å². The van der Waals surface area contributed by atoms with Gasteiger partial charge in [0, 0.05) is 18.0 Å². The van der Waals surface area contributed by atoms with Crippen molar-refractivity contribution in [1.29, 1.82) is 0 Å². The topological polar surface area (TPSA) is 80.8 Å². The van der Waals surface area contributed by atoms with Crippen molar-refractivity contribution >= 4 is 44.8 Å². The van der Waals surface area contributed by atoms with E-state index >= 15 is 0 Å². The number of hydrogen-bond acceptors (Lipinski definition) is 6. The Morgan fingerprint density at radius 1 is 1.03 bits per heavy atom. The van der Waals surface area contributed by atoms with E-state index in [1.54, 1.807) is 18.2 Å². The number of unbranched alkanes of at least 4 members (excludes halogenated alkanes) is 1. The van der Waals surface area contributed by atoms with Crippen molar-refractivity contribution < 1.29 is 39.9 Å². The fourth-order valence-electron chi connectivity index (χ4n) is 3.74. The summed E-state index contributed by atoms with van der Waals surface area (Å²) in [6, 6.07) is 7.83. The van der Waals surface area contributed by atoms with Gasteiger partial charge in [-0.05, 0) is 36.1 Å². The van der Waals surface area contributed by atoms with Gasteiger partial charge in [0.15, 0.2) is 34.5 Å². The molecule has 38 heavy (non-hydrogen) atoms. The fraction of sp³-hybridized carbons (Fsp3) is 0.308. The van der Waals surface area contributed by atoms with E-state index in [0.717, 1.165) is 31.7 Å². The summed E-state index contributed by atoms with van der Waals surface area (Å²) in [5, 5.41) is 0.982. The van der Waals surface area contributed by atoms with Crippen LogP contribution < -0.4 is 0 Å². The van der Waals surface area contributed by atoms with Gasteiger partial charge in [-0.25, -0.2) is 22.6 Å². The van der Waals surface area contributed by atoms with Gasteiger partial charge >= 0.3 is 10.1 Å². The lowest BCUT2D eigenvalue weighted by Crippen LogP contribution is -2.31. The van der Waals surface area contributed by atoms with Crippen LogP contribution in [0, 0.1) is 23.3 Å². The molecule has 12 heteroatoms. The maximum Gasteiger partial charge on any atom is 0.323 e. The van der Waals surface area contributed by atoms with Gasteiger partial charge in [0.1, 0.15) is 0 Å². The van der Waals surface area contributed by atoms with Gasteiger partial charge in [0.2, 0.25) is 0 Å². The number of aryl methyl sites for hydroxylation is 1. The molecule has 0 N–H and O–H groups in total. The largest absolute Gasteiger partial charge is 0.323 e. The molecular formula is C26H27F4NO5S2. The van der Waals surface area contributed by atoms with Crippen LogP contribution in [0.3, 0.4) is 0 Å². The predicted molar refractivity (Wildman–Crippen MR) is 138 cm³/mol. The molecule has 3 aromatic carbocycles. The minimum Gasteiger partial charge on any atom is -0.298 e. The van der Waals surface area contributed by atoms with Gasteiger partial charge in [-0.1, -0.05) is 51.5 Å². The van der Waals surface area contributed by atoms with E-state index in [1.165, 1.54) is 12.1 Å². The number of aldehydes is 1. The van der Waals surface area contributed by atoms with Gasteiger partial charge in [0.05, 0.1) is 10.5 Å². The van der Waals surface area contributed by atoms with Crippen LogP contribution in [0.5, 0.6) is 0 Å². The van der Waals surface area contributed by atoms with Crippen LogP contribution in [0.1, 0.15) is 59.9 Å². The van der Waals surface area contributed by atoms with Crippen molar-refractivity contribution in [3.8, 4) is 0 Å². The number of nitrogens with zero attached hydrogens (tertiary/aromatic N) is 1. The molecule has 0 aliphatic heterocycles. The molecule has 0 heterocycles. The highest BCUT2D eigenvalue weighted by Gasteiger charge is 2.36. The standard InChI is InChI=1S/C24H21F4NO5S2.C2H6/c1-4-5-7-13-10-11-16(17-14(12-30)8-6-9-15(13)17)24(31)29(2)34-36(32,33)23-20(27)18(25)22(35-3)19(26)21(23)28;1-2/h6,8-12H,4-5,7H2,1-3H3;1-2H3. The summed E-state index contributed by atoms with van der Waals surface area (Å²) < 4.78 is 86.9. The second kappa shape index (κ2) is 13.2. The van der Waals surface area contributed by atoms with Gasteiger partial charge in [-0.2, -0.15) is 8.42 Å². The highest BCUT2D eigenvalue weighted by molar-refractivity contribution is 7.98. The zero-order chi connectivity index (χ0) is 28.8. The third kappa shape index (κ3) is 6.02. The monoisotopic (exact) mass is 573 g/mol. The molecule has 0 fully saturated rings. The lowest BCUT2D eigenvalue weighted by atomic mass is 9.93. The summed E-state index contributed by atoms with van der Waals surface area (Å²) in [6.07, 6.45) is 4.07. The van der Waals surface area contributed by atoms with Crippen LogP contribution in [-0.2, 0) is 20.8 Å². The minimum absolute atomic E-state index is 0.123. The molecule has 0 unspecified atom stereocenters. The maximum atomic E-state index is 14.4. The number of carbonyl (C=O) groups excluding carboxylic acids is 2. The molecule has 0 atom stereocenters. The van der Waals surface area contributed by atoms with E-state index in [2.05, 4.69) is 4.28 Å². The Bertz CT molecular complexity index is 1430. The number of carbonyl (C=O) groups is 2. The molecule has 0 aliphatic rings. The number of hydroxylamine groups is 2. The highest BCUT2D eigenvalue weighted by Crippen LogP contribution is 2.34. The lowest BCUT2D eigenvalue weighted by molar-refractivity contribution is -0.00910. The van der Waals surface area contributed by atoms with E-state index in [1.807, 2.05) is 20.8 Å². The number of hydrogen-bond donors (Lipinski definition) is 0. The fourth-order valence-corrected chi connectivity index (χ4v) is 5.33. The number of halogens is 4. The Labute approximate surface area is 223 Å². The second-order valence-electron chi connectivity index (χ2n) is 7.71. The molecule has 0 saturated carbocycles. The SMILES string of the molecule is CC.CCCCc1ccc(C(=O)N(C)OS(=O)(=O)c2c(F)c(F)c(SC)c(F)c2F)c2c(C=O)cccc12. The number of fused-ring (bicyclic) bond motifs is 1.